The molecule has 0 saturated heterocycles. The quantitative estimate of drug-likeness (QED) is 0.555. The number of benzene rings is 1. The highest BCUT2D eigenvalue weighted by atomic mass is 35.5. The Kier molecular flexibility index (Phi) is 6.44. The molecule has 0 aliphatic rings. The molecule has 0 N–H and O–H groups in total. The topological polar surface area (TPSA) is 18.5 Å². The molecule has 0 aliphatic heterocycles. The van der Waals surface area contributed by atoms with E-state index >= 15 is 0 Å². The van der Waals surface area contributed by atoms with Crippen molar-refractivity contribution in [2.75, 3.05) is 19.1 Å². The number of alkyl halides is 1. The molecule has 0 spiro atoms. The third-order valence-corrected chi connectivity index (χ3v) is 3.60. The van der Waals surface area contributed by atoms with Crippen molar-refractivity contribution in [3.8, 4) is 11.5 Å². The fraction of sp³-hybridized carbons (Fsp3) is 0.538. The minimum absolute atomic E-state index is 0.666. The molecule has 0 aromatic heterocycles. The molecule has 1 rings (SSSR count). The first-order valence-electron chi connectivity index (χ1n) is 6.18. The maximum absolute atomic E-state index is 5.75. The van der Waals surface area contributed by atoms with Crippen LogP contribution in [-0.2, 0) is 6.42 Å². The van der Waals surface area contributed by atoms with Gasteiger partial charge in [-0.05, 0) is 37.4 Å². The molecule has 0 atom stereocenters. The molecule has 2 nitrogen and oxygen atoms in total. The first-order chi connectivity index (χ1) is 8.24. The fourth-order valence-electron chi connectivity index (χ4n) is 1.78. The van der Waals surface area contributed by atoms with Crippen LogP contribution in [0.1, 0.15) is 25.8 Å². The van der Waals surface area contributed by atoms with Gasteiger partial charge in [0.15, 0.2) is 11.5 Å². The van der Waals surface area contributed by atoms with Crippen molar-refractivity contribution in [3.63, 3.8) is 0 Å². The van der Waals surface area contributed by atoms with Crippen molar-refractivity contribution in [1.29, 1.82) is 0 Å². The number of hydrogen-bond acceptors (Lipinski definition) is 2. The maximum Gasteiger partial charge on any atom is 0.164 e. The molecule has 1 aromatic rings. The normalized spacial score (nSPS) is 10.5. The van der Waals surface area contributed by atoms with E-state index < -0.39 is 0 Å². The van der Waals surface area contributed by atoms with E-state index in [4.69, 9.17) is 21.1 Å². The minimum Gasteiger partial charge on any atom is -0.490 e. The molecule has 0 radical (unpaired) electrons. The number of hydrogen-bond donors (Lipinski definition) is 0. The Balaban J connectivity index is 3.06. The SMILES string of the molecule is CCOc1c([SiH3])ccc(CCCCl)c1OCC. The van der Waals surface area contributed by atoms with E-state index in [-0.39, 0.29) is 0 Å². The van der Waals surface area contributed by atoms with Gasteiger partial charge in [0, 0.05) is 16.1 Å². The average molecular weight is 273 g/mol. The number of aryl methyl sites for hydroxylation is 1. The van der Waals surface area contributed by atoms with Gasteiger partial charge in [0.2, 0.25) is 0 Å². The monoisotopic (exact) mass is 272 g/mol. The molecule has 0 fully saturated rings. The zero-order valence-electron chi connectivity index (χ0n) is 10.9. The van der Waals surface area contributed by atoms with Crippen molar-refractivity contribution in [2.24, 2.45) is 0 Å². The molecule has 17 heavy (non-hydrogen) atoms. The molecule has 96 valence electrons. The molecule has 0 saturated carbocycles. The Morgan fingerprint density at radius 1 is 1.12 bits per heavy atom. The summed E-state index contributed by atoms with van der Waals surface area (Å²) in [5.41, 5.74) is 1.20. The Morgan fingerprint density at radius 3 is 2.35 bits per heavy atom. The van der Waals surface area contributed by atoms with Crippen LogP contribution in [0.15, 0.2) is 12.1 Å². The van der Waals surface area contributed by atoms with Crippen molar-refractivity contribution in [3.05, 3.63) is 17.7 Å². The second kappa shape index (κ2) is 7.61. The first kappa shape index (κ1) is 14.4. The second-order valence-electron chi connectivity index (χ2n) is 3.86. The highest BCUT2D eigenvalue weighted by Crippen LogP contribution is 2.30. The average Bonchev–Trinajstić information content (AvgIpc) is 2.33. The van der Waals surface area contributed by atoms with E-state index in [0.29, 0.717) is 19.1 Å². The molecule has 0 unspecified atom stereocenters. The van der Waals surface area contributed by atoms with Gasteiger partial charge >= 0.3 is 0 Å². The molecular formula is C13H21ClO2Si. The first-order valence-corrected chi connectivity index (χ1v) is 7.72. The van der Waals surface area contributed by atoms with Gasteiger partial charge in [-0.2, -0.15) is 0 Å². The van der Waals surface area contributed by atoms with Crippen molar-refractivity contribution in [2.45, 2.75) is 26.7 Å². The van der Waals surface area contributed by atoms with E-state index in [9.17, 15) is 0 Å². The fourth-order valence-corrected chi connectivity index (χ4v) is 2.45. The molecule has 0 heterocycles. The lowest BCUT2D eigenvalue weighted by molar-refractivity contribution is 0.287. The van der Waals surface area contributed by atoms with Gasteiger partial charge in [-0.25, -0.2) is 0 Å². The Labute approximate surface area is 112 Å². The number of ether oxygens (including phenoxy) is 2. The summed E-state index contributed by atoms with van der Waals surface area (Å²) in [5.74, 6) is 2.54. The number of halogens is 1. The lowest BCUT2D eigenvalue weighted by Crippen LogP contribution is -2.13. The molecular weight excluding hydrogens is 252 g/mol. The molecule has 0 amide bonds. The van der Waals surface area contributed by atoms with Gasteiger partial charge < -0.3 is 9.47 Å². The molecule has 1 aromatic carbocycles. The predicted molar refractivity (Wildman–Crippen MR) is 77.4 cm³/mol. The van der Waals surface area contributed by atoms with Gasteiger partial charge in [0.05, 0.1) is 13.2 Å². The lowest BCUT2D eigenvalue weighted by Gasteiger charge is -2.17. The van der Waals surface area contributed by atoms with Crippen LogP contribution in [-0.4, -0.2) is 29.3 Å². The van der Waals surface area contributed by atoms with Gasteiger partial charge in [-0.1, -0.05) is 12.1 Å². The van der Waals surface area contributed by atoms with Crippen LogP contribution in [0.2, 0.25) is 0 Å². The predicted octanol–water partition coefficient (Wildman–Crippen LogP) is 1.65. The molecule has 0 aliphatic carbocycles. The van der Waals surface area contributed by atoms with Gasteiger partial charge in [-0.3, -0.25) is 0 Å². The van der Waals surface area contributed by atoms with Crippen LogP contribution < -0.4 is 14.7 Å². The standard InChI is InChI=1S/C13H21ClO2Si/c1-3-15-12-10(6-5-9-14)7-8-11(17)13(12)16-4-2/h7-8H,3-6,9H2,1-2,17H3. The largest absolute Gasteiger partial charge is 0.490 e. The van der Waals surface area contributed by atoms with Crippen LogP contribution in [0, 0.1) is 0 Å². The van der Waals surface area contributed by atoms with Gasteiger partial charge in [0.25, 0.3) is 0 Å². The summed E-state index contributed by atoms with van der Waals surface area (Å²) >= 11 is 5.75. The van der Waals surface area contributed by atoms with Crippen molar-refractivity contribution < 1.29 is 9.47 Å². The summed E-state index contributed by atoms with van der Waals surface area (Å²) < 4.78 is 11.5. The van der Waals surface area contributed by atoms with Crippen molar-refractivity contribution in [1.82, 2.24) is 0 Å². The summed E-state index contributed by atoms with van der Waals surface area (Å²) in [6.45, 7) is 5.34. The van der Waals surface area contributed by atoms with Crippen LogP contribution in [0.5, 0.6) is 11.5 Å². The smallest absolute Gasteiger partial charge is 0.164 e. The highest BCUT2D eigenvalue weighted by Gasteiger charge is 2.13. The molecule has 4 heteroatoms. The van der Waals surface area contributed by atoms with E-state index in [1.54, 1.807) is 0 Å². The van der Waals surface area contributed by atoms with Crippen LogP contribution in [0.4, 0.5) is 0 Å². The van der Waals surface area contributed by atoms with E-state index in [1.807, 2.05) is 13.8 Å². The zero-order chi connectivity index (χ0) is 12.7. The van der Waals surface area contributed by atoms with E-state index in [1.165, 1.54) is 10.8 Å². The second-order valence-corrected chi connectivity index (χ2v) is 5.31. The summed E-state index contributed by atoms with van der Waals surface area (Å²) in [4.78, 5) is 0. The Bertz CT molecular complexity index is 356. The van der Waals surface area contributed by atoms with Gasteiger partial charge in [-0.15, -0.1) is 11.6 Å². The Morgan fingerprint density at radius 2 is 1.76 bits per heavy atom. The summed E-state index contributed by atoms with van der Waals surface area (Å²) in [7, 11) is 0.967. The Hall–Kier alpha value is -0.673. The third-order valence-electron chi connectivity index (χ3n) is 2.55. The van der Waals surface area contributed by atoms with Crippen LogP contribution in [0.3, 0.4) is 0 Å². The zero-order valence-corrected chi connectivity index (χ0v) is 13.6. The third kappa shape index (κ3) is 3.93. The van der Waals surface area contributed by atoms with Crippen molar-refractivity contribution >= 4 is 27.0 Å². The minimum atomic E-state index is 0.666. The lowest BCUT2D eigenvalue weighted by atomic mass is 10.1. The van der Waals surface area contributed by atoms with Crippen LogP contribution >= 0.6 is 11.6 Å². The summed E-state index contributed by atoms with van der Waals surface area (Å²) in [5, 5.41) is 1.25. The number of rotatable bonds is 7. The summed E-state index contributed by atoms with van der Waals surface area (Å²) in [6.07, 6.45) is 1.91. The van der Waals surface area contributed by atoms with E-state index in [0.717, 1.165) is 34.6 Å². The van der Waals surface area contributed by atoms with Gasteiger partial charge in [0.1, 0.15) is 0 Å². The van der Waals surface area contributed by atoms with E-state index in [2.05, 4.69) is 12.1 Å². The maximum atomic E-state index is 5.75. The van der Waals surface area contributed by atoms with Crippen LogP contribution in [0.25, 0.3) is 0 Å². The highest BCUT2D eigenvalue weighted by molar-refractivity contribution is 6.34. The molecule has 0 bridgehead atoms. The summed E-state index contributed by atoms with van der Waals surface area (Å²) in [6, 6.07) is 4.28.